The van der Waals surface area contributed by atoms with Crippen molar-refractivity contribution in [3.8, 4) is 22.3 Å². The molecule has 0 N–H and O–H groups in total. The average Bonchev–Trinajstić information content (AvgIpc) is 3.57. The molecule has 2 heteroatoms. The van der Waals surface area contributed by atoms with Crippen molar-refractivity contribution in [2.45, 2.75) is 0 Å². The van der Waals surface area contributed by atoms with E-state index < -0.39 is 0 Å². The minimum atomic E-state index is 0.879. The molecule has 0 aliphatic carbocycles. The molecule has 0 radical (unpaired) electrons. The average molecular weight is 638 g/mol. The summed E-state index contributed by atoms with van der Waals surface area (Å²) in [6.45, 7) is 0. The van der Waals surface area contributed by atoms with Gasteiger partial charge in [0, 0.05) is 16.8 Å². The Balaban J connectivity index is 1.13. The second-order valence-corrected chi connectivity index (χ2v) is 13.0. The van der Waals surface area contributed by atoms with Crippen LogP contribution in [0.1, 0.15) is 0 Å². The van der Waals surface area contributed by atoms with Crippen LogP contribution in [0.2, 0.25) is 0 Å². The first-order valence-electron chi connectivity index (χ1n) is 17.1. The van der Waals surface area contributed by atoms with Gasteiger partial charge in [0.1, 0.15) is 11.2 Å². The summed E-state index contributed by atoms with van der Waals surface area (Å²) in [6.07, 6.45) is 0. The highest BCUT2D eigenvalue weighted by Gasteiger charge is 2.20. The highest BCUT2D eigenvalue weighted by Crippen LogP contribution is 2.44. The van der Waals surface area contributed by atoms with Gasteiger partial charge in [0.25, 0.3) is 0 Å². The van der Waals surface area contributed by atoms with Gasteiger partial charge in [-0.15, -0.1) is 0 Å². The van der Waals surface area contributed by atoms with Crippen molar-refractivity contribution in [2.75, 3.05) is 4.90 Å². The predicted molar refractivity (Wildman–Crippen MR) is 212 cm³/mol. The van der Waals surface area contributed by atoms with Crippen molar-refractivity contribution in [1.29, 1.82) is 0 Å². The number of fused-ring (bicyclic) bond motifs is 6. The van der Waals surface area contributed by atoms with Gasteiger partial charge >= 0.3 is 0 Å². The summed E-state index contributed by atoms with van der Waals surface area (Å²) in [6, 6.07) is 67.7. The number of benzene rings is 9. The maximum absolute atomic E-state index is 6.36. The van der Waals surface area contributed by atoms with Crippen LogP contribution in [-0.4, -0.2) is 0 Å². The van der Waals surface area contributed by atoms with E-state index in [0.717, 1.165) is 39.0 Å². The Kier molecular flexibility index (Phi) is 6.53. The zero-order valence-electron chi connectivity index (χ0n) is 27.3. The van der Waals surface area contributed by atoms with E-state index >= 15 is 0 Å². The van der Waals surface area contributed by atoms with Crippen LogP contribution >= 0.6 is 0 Å². The molecule has 9 aromatic carbocycles. The molecule has 50 heavy (non-hydrogen) atoms. The van der Waals surface area contributed by atoms with Gasteiger partial charge in [-0.25, -0.2) is 0 Å². The molecule has 0 unspecified atom stereocenters. The van der Waals surface area contributed by atoms with Crippen LogP contribution in [0.3, 0.4) is 0 Å². The first-order chi connectivity index (χ1) is 24.7. The molecule has 234 valence electrons. The molecule has 10 aromatic rings. The third kappa shape index (κ3) is 4.81. The molecular formula is C48H31NO. The third-order valence-electron chi connectivity index (χ3n) is 9.97. The standard InChI is InChI=1S/C48H31NO/c1-3-11-35-27-39(21-19-32(35)9-1)36-13-7-14-37(28-36)40-22-20-34-24-26-43(31-41(34)29-40)49(42-25-23-33-10-2-4-12-38(33)30-42)45-16-8-18-47-48(45)44-15-5-6-17-46(44)50-47/h1-31H. The van der Waals surface area contributed by atoms with Crippen molar-refractivity contribution in [3.05, 3.63) is 188 Å². The molecule has 0 atom stereocenters. The summed E-state index contributed by atoms with van der Waals surface area (Å²) in [5, 5.41) is 9.54. The normalized spacial score (nSPS) is 11.6. The van der Waals surface area contributed by atoms with Crippen molar-refractivity contribution >= 4 is 71.3 Å². The van der Waals surface area contributed by atoms with Crippen molar-refractivity contribution < 1.29 is 4.42 Å². The molecule has 0 saturated heterocycles. The summed E-state index contributed by atoms with van der Waals surface area (Å²) >= 11 is 0. The van der Waals surface area contributed by atoms with E-state index in [4.69, 9.17) is 4.42 Å². The Morgan fingerprint density at radius 1 is 0.320 bits per heavy atom. The van der Waals surface area contributed by atoms with E-state index in [-0.39, 0.29) is 0 Å². The lowest BCUT2D eigenvalue weighted by Crippen LogP contribution is -2.10. The zero-order chi connectivity index (χ0) is 33.0. The monoisotopic (exact) mass is 637 g/mol. The van der Waals surface area contributed by atoms with Gasteiger partial charge in [-0.1, -0.05) is 127 Å². The van der Waals surface area contributed by atoms with Crippen LogP contribution in [0.15, 0.2) is 192 Å². The molecule has 0 fully saturated rings. The molecule has 2 nitrogen and oxygen atoms in total. The molecule has 0 saturated carbocycles. The van der Waals surface area contributed by atoms with E-state index in [0.29, 0.717) is 0 Å². The summed E-state index contributed by atoms with van der Waals surface area (Å²) in [5.74, 6) is 0. The molecule has 0 bridgehead atoms. The summed E-state index contributed by atoms with van der Waals surface area (Å²) < 4.78 is 6.36. The first kappa shape index (κ1) is 28.4. The molecule has 0 spiro atoms. The Morgan fingerprint density at radius 3 is 1.54 bits per heavy atom. The number of rotatable bonds is 5. The van der Waals surface area contributed by atoms with Gasteiger partial charge < -0.3 is 9.32 Å². The van der Waals surface area contributed by atoms with Crippen molar-refractivity contribution in [1.82, 2.24) is 0 Å². The minimum absolute atomic E-state index is 0.879. The van der Waals surface area contributed by atoms with Gasteiger partial charge in [0.2, 0.25) is 0 Å². The summed E-state index contributed by atoms with van der Waals surface area (Å²) in [5.41, 5.74) is 9.87. The van der Waals surface area contributed by atoms with Crippen LogP contribution < -0.4 is 4.90 Å². The quantitative estimate of drug-likeness (QED) is 0.187. The number of anilines is 3. The Morgan fingerprint density at radius 2 is 0.820 bits per heavy atom. The fourth-order valence-corrected chi connectivity index (χ4v) is 7.49. The molecular weight excluding hydrogens is 607 g/mol. The van der Waals surface area contributed by atoms with E-state index in [1.165, 1.54) is 54.6 Å². The van der Waals surface area contributed by atoms with Crippen LogP contribution in [0.25, 0.3) is 76.5 Å². The lowest BCUT2D eigenvalue weighted by atomic mass is 9.96. The topological polar surface area (TPSA) is 16.4 Å². The fourth-order valence-electron chi connectivity index (χ4n) is 7.49. The van der Waals surface area contributed by atoms with Crippen LogP contribution in [-0.2, 0) is 0 Å². The van der Waals surface area contributed by atoms with Crippen molar-refractivity contribution in [3.63, 3.8) is 0 Å². The zero-order valence-corrected chi connectivity index (χ0v) is 27.3. The van der Waals surface area contributed by atoms with Gasteiger partial charge in [-0.2, -0.15) is 0 Å². The molecule has 1 aromatic heterocycles. The SMILES string of the molecule is c1cc(-c2ccc3ccccc3c2)cc(-c2ccc3ccc(N(c4ccc5ccccc5c4)c4cccc5oc6ccccc6c45)cc3c2)c1. The molecule has 1 heterocycles. The Bertz CT molecular complexity index is 2900. The van der Waals surface area contributed by atoms with Gasteiger partial charge in [0.05, 0.1) is 11.1 Å². The highest BCUT2D eigenvalue weighted by atomic mass is 16.3. The van der Waals surface area contributed by atoms with E-state index in [9.17, 15) is 0 Å². The largest absolute Gasteiger partial charge is 0.456 e. The van der Waals surface area contributed by atoms with E-state index in [1.807, 2.05) is 12.1 Å². The van der Waals surface area contributed by atoms with Crippen LogP contribution in [0.5, 0.6) is 0 Å². The Labute approximate surface area is 290 Å². The van der Waals surface area contributed by atoms with E-state index in [1.54, 1.807) is 0 Å². The van der Waals surface area contributed by atoms with E-state index in [2.05, 4.69) is 181 Å². The number of hydrogen-bond acceptors (Lipinski definition) is 2. The summed E-state index contributed by atoms with van der Waals surface area (Å²) in [4.78, 5) is 2.38. The number of nitrogens with zero attached hydrogens (tertiary/aromatic N) is 1. The fraction of sp³-hybridized carbons (Fsp3) is 0. The van der Waals surface area contributed by atoms with Gasteiger partial charge in [-0.3, -0.25) is 0 Å². The number of para-hydroxylation sites is 1. The van der Waals surface area contributed by atoms with Crippen LogP contribution in [0, 0.1) is 0 Å². The number of hydrogen-bond donors (Lipinski definition) is 0. The summed E-state index contributed by atoms with van der Waals surface area (Å²) in [7, 11) is 0. The number of furan rings is 1. The van der Waals surface area contributed by atoms with Gasteiger partial charge in [0.15, 0.2) is 0 Å². The molecule has 0 amide bonds. The maximum Gasteiger partial charge on any atom is 0.137 e. The highest BCUT2D eigenvalue weighted by molar-refractivity contribution is 6.13. The predicted octanol–water partition coefficient (Wildman–Crippen LogP) is 13.8. The maximum atomic E-state index is 6.36. The first-order valence-corrected chi connectivity index (χ1v) is 17.1. The van der Waals surface area contributed by atoms with Gasteiger partial charge in [-0.05, 0) is 115 Å². The molecule has 0 aliphatic heterocycles. The Hall–Kier alpha value is -6.64. The molecule has 10 rings (SSSR count). The van der Waals surface area contributed by atoms with Crippen LogP contribution in [0.4, 0.5) is 17.1 Å². The minimum Gasteiger partial charge on any atom is -0.456 e. The lowest BCUT2D eigenvalue weighted by molar-refractivity contribution is 0.669. The smallest absolute Gasteiger partial charge is 0.137 e. The van der Waals surface area contributed by atoms with Crippen molar-refractivity contribution in [2.24, 2.45) is 0 Å². The lowest BCUT2D eigenvalue weighted by Gasteiger charge is -2.27. The second-order valence-electron chi connectivity index (χ2n) is 13.0. The third-order valence-corrected chi connectivity index (χ3v) is 9.97. The molecule has 0 aliphatic rings. The second kappa shape index (κ2) is 11.5.